The van der Waals surface area contributed by atoms with E-state index < -0.39 is 53.2 Å². The highest BCUT2D eigenvalue weighted by Crippen LogP contribution is 2.49. The lowest BCUT2D eigenvalue weighted by molar-refractivity contribution is -0.384. The number of nitro benzene ring substituents is 1. The Bertz CT molecular complexity index is 2540. The zero-order valence-electron chi connectivity index (χ0n) is 33.8. The third kappa shape index (κ3) is 8.91. The Labute approximate surface area is 365 Å². The number of fused-ring (bicyclic) bond motifs is 3. The molecule has 0 aromatic heterocycles. The molecule has 8 rings (SSSR count). The molecular weight excluding hydrogens is 862 g/mol. The number of ether oxygens (including phenoxy) is 6. The third-order valence-electron chi connectivity index (χ3n) is 10.9. The Hall–Kier alpha value is -6.19. The molecule has 0 radical (unpaired) electrons. The van der Waals surface area contributed by atoms with Crippen LogP contribution in [-0.4, -0.2) is 63.6 Å². The molecule has 0 spiro atoms. The van der Waals surface area contributed by atoms with Crippen LogP contribution in [0.4, 0.5) is 5.69 Å². The molecule has 14 heteroatoms. The molecule has 1 aliphatic heterocycles. The number of benzene rings is 5. The zero-order valence-corrected chi connectivity index (χ0v) is 35.4. The molecular formula is C48H42BrNO12. The van der Waals surface area contributed by atoms with Gasteiger partial charge in [-0.05, 0) is 65.1 Å². The molecule has 3 aliphatic rings. The van der Waals surface area contributed by atoms with Crippen molar-refractivity contribution < 1.29 is 52.8 Å². The molecule has 0 bridgehead atoms. The number of halogens is 1. The van der Waals surface area contributed by atoms with E-state index in [1.807, 2.05) is 79.7 Å². The fraction of sp³-hybridized carbons (Fsp3) is 0.271. The van der Waals surface area contributed by atoms with E-state index in [2.05, 4.69) is 15.9 Å². The molecule has 1 fully saturated rings. The van der Waals surface area contributed by atoms with Crippen molar-refractivity contribution in [3.8, 4) is 17.2 Å². The van der Waals surface area contributed by atoms with Crippen LogP contribution in [0.1, 0.15) is 67.4 Å². The minimum atomic E-state index is -1.16. The predicted octanol–water partition coefficient (Wildman–Crippen LogP) is 8.22. The average Bonchev–Trinajstić information content (AvgIpc) is 3.27. The van der Waals surface area contributed by atoms with Crippen molar-refractivity contribution in [2.75, 3.05) is 5.33 Å². The van der Waals surface area contributed by atoms with Crippen molar-refractivity contribution in [1.29, 1.82) is 0 Å². The Morgan fingerprint density at radius 2 is 1.42 bits per heavy atom. The number of aliphatic hydroxyl groups is 1. The van der Waals surface area contributed by atoms with E-state index in [1.54, 1.807) is 18.2 Å². The third-order valence-corrected chi connectivity index (χ3v) is 11.6. The van der Waals surface area contributed by atoms with Crippen molar-refractivity contribution >= 4 is 44.7 Å². The topological polar surface area (TPSA) is 170 Å². The molecule has 0 saturated carbocycles. The summed E-state index contributed by atoms with van der Waals surface area (Å²) in [5, 5.41) is 22.5. The Morgan fingerprint density at radius 3 is 2.05 bits per heavy atom. The van der Waals surface area contributed by atoms with Gasteiger partial charge in [0, 0.05) is 53.9 Å². The van der Waals surface area contributed by atoms with Crippen LogP contribution in [0.5, 0.6) is 17.2 Å². The number of rotatable bonds is 14. The number of aliphatic hydroxyl groups excluding tert-OH is 1. The first kappa shape index (κ1) is 42.5. The first-order valence-corrected chi connectivity index (χ1v) is 21.2. The lowest BCUT2D eigenvalue weighted by atomic mass is 9.72. The van der Waals surface area contributed by atoms with E-state index >= 15 is 9.59 Å². The normalized spacial score (nSPS) is 20.4. The van der Waals surface area contributed by atoms with Crippen LogP contribution in [0.15, 0.2) is 115 Å². The number of carbonyl (C=O) groups excluding carboxylic acids is 3. The number of esters is 1. The Kier molecular flexibility index (Phi) is 12.6. The van der Waals surface area contributed by atoms with Crippen molar-refractivity contribution in [3.63, 3.8) is 0 Å². The van der Waals surface area contributed by atoms with E-state index in [1.165, 1.54) is 25.1 Å². The number of hydrogen-bond acceptors (Lipinski definition) is 12. The molecule has 1 heterocycles. The van der Waals surface area contributed by atoms with E-state index in [0.717, 1.165) is 22.3 Å². The van der Waals surface area contributed by atoms with Crippen LogP contribution in [0.25, 0.3) is 5.57 Å². The number of Topliss-reactive ketones (excluding diaryl/α,β-unsaturated/α-hetero) is 2. The maximum Gasteiger partial charge on any atom is 0.303 e. The van der Waals surface area contributed by atoms with Gasteiger partial charge in [0.1, 0.15) is 48.8 Å². The second-order valence-electron chi connectivity index (χ2n) is 15.3. The zero-order chi connectivity index (χ0) is 43.5. The van der Waals surface area contributed by atoms with Crippen molar-refractivity contribution in [1.82, 2.24) is 0 Å². The molecule has 1 saturated heterocycles. The molecule has 0 amide bonds. The van der Waals surface area contributed by atoms with Crippen LogP contribution in [-0.2, 0) is 45.2 Å². The fourth-order valence-electron chi connectivity index (χ4n) is 8.07. The van der Waals surface area contributed by atoms with Crippen molar-refractivity contribution in [2.45, 2.75) is 77.2 Å². The number of hydrogen-bond donors (Lipinski definition) is 1. The van der Waals surface area contributed by atoms with Gasteiger partial charge in [0.2, 0.25) is 6.29 Å². The molecule has 318 valence electrons. The van der Waals surface area contributed by atoms with Crippen LogP contribution >= 0.6 is 15.9 Å². The Morgan fingerprint density at radius 1 is 0.806 bits per heavy atom. The summed E-state index contributed by atoms with van der Waals surface area (Å²) in [6.45, 7) is 3.42. The second-order valence-corrected chi connectivity index (χ2v) is 15.9. The fourth-order valence-corrected chi connectivity index (χ4v) is 8.61. The Balaban J connectivity index is 1.25. The van der Waals surface area contributed by atoms with Gasteiger partial charge in [0.25, 0.3) is 5.69 Å². The number of nitrogens with zero attached hydrogens (tertiary/aromatic N) is 1. The van der Waals surface area contributed by atoms with Crippen molar-refractivity contribution in [2.24, 2.45) is 0 Å². The van der Waals surface area contributed by atoms with Crippen LogP contribution in [0.2, 0.25) is 0 Å². The van der Waals surface area contributed by atoms with Gasteiger partial charge in [-0.25, -0.2) is 0 Å². The van der Waals surface area contributed by atoms with E-state index in [0.29, 0.717) is 16.9 Å². The number of aryl methyl sites for hydroxylation is 1. The van der Waals surface area contributed by atoms with Gasteiger partial charge in [-0.2, -0.15) is 0 Å². The molecule has 0 unspecified atom stereocenters. The molecule has 62 heavy (non-hydrogen) atoms. The summed E-state index contributed by atoms with van der Waals surface area (Å²) < 4.78 is 37.3. The summed E-state index contributed by atoms with van der Waals surface area (Å²) in [6, 6.07) is 31.8. The van der Waals surface area contributed by atoms with E-state index in [9.17, 15) is 20.0 Å². The minimum Gasteiger partial charge on any atom is -0.488 e. The molecule has 5 atom stereocenters. The maximum absolute atomic E-state index is 15.5. The minimum absolute atomic E-state index is 0.0117. The van der Waals surface area contributed by atoms with Crippen molar-refractivity contribution in [3.05, 3.63) is 169 Å². The molecule has 13 nitrogen and oxygen atoms in total. The van der Waals surface area contributed by atoms with Crippen LogP contribution in [0.3, 0.4) is 0 Å². The van der Waals surface area contributed by atoms with Gasteiger partial charge in [0.05, 0.1) is 28.8 Å². The summed E-state index contributed by atoms with van der Waals surface area (Å²) in [5.74, 6) is -1.09. The summed E-state index contributed by atoms with van der Waals surface area (Å²) >= 11 is 3.36. The van der Waals surface area contributed by atoms with Gasteiger partial charge in [-0.3, -0.25) is 24.5 Å². The summed E-state index contributed by atoms with van der Waals surface area (Å²) in [4.78, 5) is 53.9. The van der Waals surface area contributed by atoms with Gasteiger partial charge < -0.3 is 33.5 Å². The lowest BCUT2D eigenvalue weighted by Gasteiger charge is -2.38. The highest BCUT2D eigenvalue weighted by atomic mass is 79.9. The average molecular weight is 905 g/mol. The predicted molar refractivity (Wildman–Crippen MR) is 229 cm³/mol. The summed E-state index contributed by atoms with van der Waals surface area (Å²) in [5.41, 5.74) is 4.45. The number of non-ortho nitro benzene ring substituents is 1. The van der Waals surface area contributed by atoms with E-state index in [4.69, 9.17) is 28.4 Å². The second kappa shape index (κ2) is 18.4. The molecule has 2 aliphatic carbocycles. The standard InChI is InChI=1S/C48H42BrNO12/c1-27-19-32-21-37(59-26-31-13-15-33(16-14-31)50(55)56)44-45(41(32)36(20-27)58-25-30-11-7-4-8-12-30)48(54)42-34(57-24-29-9-5-3-6-10-29)17-18-35(43(42)47(44)53)61-40-22-38(60-28(2)51)46(52)39(23-49)62-40/h3-20,37-40,46,52H,21-26H2,1-2H3/t37-,38-,39-,40-,46+/m1/s1. The lowest BCUT2D eigenvalue weighted by Crippen LogP contribution is -2.52. The van der Waals surface area contributed by atoms with Crippen LogP contribution < -0.4 is 14.2 Å². The SMILES string of the molecule is CC(=O)O[C@@H]1C[C@H](Oc2ccc(OCc3ccccc3)c3c2C(=O)C2=C(C3=O)c3c(cc(C)cc3OCc3ccccc3)C[C@H]2OCc2ccc([N+](=O)[O-])cc2)O[C@H](CBr)[C@H]1O. The first-order valence-electron chi connectivity index (χ1n) is 20.0. The highest BCUT2D eigenvalue weighted by molar-refractivity contribution is 9.09. The highest BCUT2D eigenvalue weighted by Gasteiger charge is 2.46. The smallest absolute Gasteiger partial charge is 0.303 e. The summed E-state index contributed by atoms with van der Waals surface area (Å²) in [7, 11) is 0. The number of carbonyl (C=O) groups is 3. The monoisotopic (exact) mass is 903 g/mol. The summed E-state index contributed by atoms with van der Waals surface area (Å²) in [6.07, 6.45) is -4.90. The maximum atomic E-state index is 15.5. The quantitative estimate of drug-likeness (QED) is 0.0491. The molecule has 1 N–H and O–H groups in total. The van der Waals surface area contributed by atoms with Crippen LogP contribution in [0, 0.1) is 17.0 Å². The van der Waals surface area contributed by atoms with Gasteiger partial charge in [0.15, 0.2) is 11.6 Å². The number of nitro groups is 1. The number of ketones is 2. The number of alkyl halides is 1. The largest absolute Gasteiger partial charge is 0.488 e. The first-order chi connectivity index (χ1) is 30.0. The molecule has 5 aromatic carbocycles. The van der Waals surface area contributed by atoms with Gasteiger partial charge in [-0.1, -0.05) is 82.7 Å². The number of allylic oxidation sites excluding steroid dienone is 1. The molecule has 5 aromatic rings. The van der Waals surface area contributed by atoms with Gasteiger partial charge in [-0.15, -0.1) is 0 Å². The van der Waals surface area contributed by atoms with Gasteiger partial charge >= 0.3 is 5.97 Å². The van der Waals surface area contributed by atoms with E-state index in [-0.39, 0.29) is 77.5 Å².